The third-order valence-electron chi connectivity index (χ3n) is 3.34. The van der Waals surface area contributed by atoms with Crippen LogP contribution >= 0.6 is 23.2 Å². The summed E-state index contributed by atoms with van der Waals surface area (Å²) in [6.07, 6.45) is -0.484. The van der Waals surface area contributed by atoms with E-state index < -0.39 is 18.1 Å². The number of esters is 1. The molecule has 0 aliphatic carbocycles. The first-order valence-corrected chi connectivity index (χ1v) is 8.11. The Bertz CT molecular complexity index is 663. The van der Waals surface area contributed by atoms with Crippen molar-refractivity contribution < 1.29 is 14.3 Å². The molecule has 2 N–H and O–H groups in total. The van der Waals surface area contributed by atoms with Gasteiger partial charge in [-0.25, -0.2) is 4.98 Å². The third kappa shape index (κ3) is 5.76. The summed E-state index contributed by atoms with van der Waals surface area (Å²) >= 11 is 11.6. The van der Waals surface area contributed by atoms with Gasteiger partial charge in [0.05, 0.1) is 12.7 Å². The molecule has 0 spiro atoms. The molecular formula is C17H18Cl2N2O3. The van der Waals surface area contributed by atoms with Gasteiger partial charge in [0.2, 0.25) is 0 Å². The highest BCUT2D eigenvalue weighted by atomic mass is 35.5. The SMILES string of the molecule is C[C@H](OCc1ccccc1)[C@H](N)C(=O)OCc1cc(Cl)nc(Cl)c1. The van der Waals surface area contributed by atoms with Crippen LogP contribution in [-0.2, 0) is 27.5 Å². The number of halogens is 2. The zero-order valence-electron chi connectivity index (χ0n) is 13.1. The van der Waals surface area contributed by atoms with Crippen molar-refractivity contribution in [2.24, 2.45) is 5.73 Å². The summed E-state index contributed by atoms with van der Waals surface area (Å²) in [5, 5.41) is 0.467. The largest absolute Gasteiger partial charge is 0.460 e. The maximum absolute atomic E-state index is 12.0. The minimum atomic E-state index is -0.888. The van der Waals surface area contributed by atoms with Crippen molar-refractivity contribution in [2.75, 3.05) is 0 Å². The topological polar surface area (TPSA) is 74.4 Å². The molecule has 2 rings (SSSR count). The number of carbonyl (C=O) groups excluding carboxylic acids is 1. The molecule has 1 aromatic heterocycles. The van der Waals surface area contributed by atoms with Crippen LogP contribution in [0.3, 0.4) is 0 Å². The summed E-state index contributed by atoms with van der Waals surface area (Å²) in [7, 11) is 0. The van der Waals surface area contributed by atoms with E-state index in [2.05, 4.69) is 4.98 Å². The van der Waals surface area contributed by atoms with E-state index in [1.54, 1.807) is 19.1 Å². The Balaban J connectivity index is 1.82. The summed E-state index contributed by atoms with van der Waals surface area (Å²) in [5.41, 5.74) is 7.53. The van der Waals surface area contributed by atoms with Crippen molar-refractivity contribution in [1.82, 2.24) is 4.98 Å². The van der Waals surface area contributed by atoms with Crippen LogP contribution in [0.4, 0.5) is 0 Å². The van der Waals surface area contributed by atoms with Crippen LogP contribution < -0.4 is 5.73 Å². The van der Waals surface area contributed by atoms with E-state index in [1.165, 1.54) is 0 Å². The molecule has 5 nitrogen and oxygen atoms in total. The quantitative estimate of drug-likeness (QED) is 0.598. The maximum Gasteiger partial charge on any atom is 0.325 e. The molecule has 0 aliphatic rings. The van der Waals surface area contributed by atoms with E-state index in [0.29, 0.717) is 12.2 Å². The fourth-order valence-corrected chi connectivity index (χ4v) is 2.45. The fraction of sp³-hybridized carbons (Fsp3) is 0.294. The van der Waals surface area contributed by atoms with E-state index in [1.807, 2.05) is 30.3 Å². The highest BCUT2D eigenvalue weighted by molar-refractivity contribution is 6.32. The lowest BCUT2D eigenvalue weighted by atomic mass is 10.2. The molecule has 0 unspecified atom stereocenters. The summed E-state index contributed by atoms with van der Waals surface area (Å²) in [6.45, 7) is 2.12. The first kappa shape index (κ1) is 18.7. The first-order chi connectivity index (χ1) is 11.5. The number of hydrogen-bond donors (Lipinski definition) is 1. The fourth-order valence-electron chi connectivity index (χ4n) is 1.95. The smallest absolute Gasteiger partial charge is 0.325 e. The number of nitrogens with zero attached hydrogens (tertiary/aromatic N) is 1. The number of pyridine rings is 1. The lowest BCUT2D eigenvalue weighted by molar-refractivity contribution is -0.150. The molecule has 0 saturated carbocycles. The van der Waals surface area contributed by atoms with E-state index in [0.717, 1.165) is 5.56 Å². The van der Waals surface area contributed by atoms with Crippen molar-refractivity contribution in [2.45, 2.75) is 32.3 Å². The van der Waals surface area contributed by atoms with Gasteiger partial charge in [-0.1, -0.05) is 53.5 Å². The van der Waals surface area contributed by atoms with Gasteiger partial charge in [-0.15, -0.1) is 0 Å². The number of hydrogen-bond acceptors (Lipinski definition) is 5. The first-order valence-electron chi connectivity index (χ1n) is 7.35. The molecule has 24 heavy (non-hydrogen) atoms. The Morgan fingerprint density at radius 1 is 1.12 bits per heavy atom. The predicted molar refractivity (Wildman–Crippen MR) is 92.7 cm³/mol. The Labute approximate surface area is 150 Å². The molecule has 1 heterocycles. The minimum Gasteiger partial charge on any atom is -0.460 e. The van der Waals surface area contributed by atoms with E-state index in [-0.39, 0.29) is 16.9 Å². The zero-order chi connectivity index (χ0) is 17.5. The summed E-state index contributed by atoms with van der Waals surface area (Å²) < 4.78 is 10.8. The molecule has 2 aromatic rings. The second kappa shape index (κ2) is 8.99. The van der Waals surface area contributed by atoms with Gasteiger partial charge in [0, 0.05) is 0 Å². The molecular weight excluding hydrogens is 351 g/mol. The number of nitrogens with two attached hydrogens (primary N) is 1. The summed E-state index contributed by atoms with van der Waals surface area (Å²) in [4.78, 5) is 15.9. The lowest BCUT2D eigenvalue weighted by Gasteiger charge is -2.19. The standard InChI is InChI=1S/C17H18Cl2N2O3/c1-11(23-9-12-5-3-2-4-6-12)16(20)17(22)24-10-13-7-14(18)21-15(19)8-13/h2-8,11,16H,9-10,20H2,1H3/t11-,16-/m0/s1. The predicted octanol–water partition coefficient (Wildman–Crippen LogP) is 3.36. The van der Waals surface area contributed by atoms with E-state index in [9.17, 15) is 4.79 Å². The average molecular weight is 369 g/mol. The van der Waals surface area contributed by atoms with E-state index in [4.69, 9.17) is 38.4 Å². The average Bonchev–Trinajstić information content (AvgIpc) is 2.57. The molecule has 0 fully saturated rings. The zero-order valence-corrected chi connectivity index (χ0v) is 14.6. The minimum absolute atomic E-state index is 0.0138. The molecule has 128 valence electrons. The van der Waals surface area contributed by atoms with Crippen LogP contribution in [-0.4, -0.2) is 23.1 Å². The van der Waals surface area contributed by atoms with Gasteiger partial charge in [-0.05, 0) is 30.2 Å². The Morgan fingerprint density at radius 3 is 2.38 bits per heavy atom. The Morgan fingerprint density at radius 2 is 1.75 bits per heavy atom. The van der Waals surface area contributed by atoms with Crippen LogP contribution in [0.5, 0.6) is 0 Å². The second-order valence-corrected chi connectivity index (χ2v) is 6.03. The van der Waals surface area contributed by atoms with Crippen molar-refractivity contribution in [3.05, 3.63) is 63.9 Å². The molecule has 2 atom stereocenters. The Kier molecular flexibility index (Phi) is 6.99. The van der Waals surface area contributed by atoms with Crippen molar-refractivity contribution in [3.8, 4) is 0 Å². The van der Waals surface area contributed by atoms with Gasteiger partial charge in [0.15, 0.2) is 0 Å². The molecule has 7 heteroatoms. The van der Waals surface area contributed by atoms with Gasteiger partial charge < -0.3 is 15.2 Å². The molecule has 0 radical (unpaired) electrons. The second-order valence-electron chi connectivity index (χ2n) is 5.26. The van der Waals surface area contributed by atoms with Gasteiger partial charge in [0.1, 0.15) is 23.0 Å². The molecule has 1 aromatic carbocycles. The highest BCUT2D eigenvalue weighted by Crippen LogP contribution is 2.15. The summed E-state index contributed by atoms with van der Waals surface area (Å²) in [6, 6.07) is 11.9. The van der Waals surface area contributed by atoms with Crippen molar-refractivity contribution >= 4 is 29.2 Å². The molecule has 0 bridgehead atoms. The van der Waals surface area contributed by atoms with Gasteiger partial charge in [-0.2, -0.15) is 0 Å². The van der Waals surface area contributed by atoms with Crippen molar-refractivity contribution in [1.29, 1.82) is 0 Å². The Hall–Kier alpha value is -1.66. The number of aromatic nitrogens is 1. The monoisotopic (exact) mass is 368 g/mol. The molecule has 0 saturated heterocycles. The van der Waals surface area contributed by atoms with Crippen LogP contribution in [0.25, 0.3) is 0 Å². The number of benzene rings is 1. The van der Waals surface area contributed by atoms with Crippen LogP contribution in [0.2, 0.25) is 10.3 Å². The maximum atomic E-state index is 12.0. The lowest BCUT2D eigenvalue weighted by Crippen LogP contribution is -2.42. The summed E-state index contributed by atoms with van der Waals surface area (Å²) in [5.74, 6) is -0.556. The number of rotatable bonds is 7. The van der Waals surface area contributed by atoms with Crippen molar-refractivity contribution in [3.63, 3.8) is 0 Å². The highest BCUT2D eigenvalue weighted by Gasteiger charge is 2.23. The molecule has 0 aliphatic heterocycles. The van der Waals surface area contributed by atoms with Gasteiger partial charge in [0.25, 0.3) is 0 Å². The van der Waals surface area contributed by atoms with Crippen LogP contribution in [0.15, 0.2) is 42.5 Å². The number of ether oxygens (including phenoxy) is 2. The van der Waals surface area contributed by atoms with Crippen LogP contribution in [0.1, 0.15) is 18.1 Å². The molecule has 0 amide bonds. The van der Waals surface area contributed by atoms with Gasteiger partial charge in [-0.3, -0.25) is 4.79 Å². The normalized spacial score (nSPS) is 13.3. The van der Waals surface area contributed by atoms with Gasteiger partial charge >= 0.3 is 5.97 Å². The van der Waals surface area contributed by atoms with E-state index >= 15 is 0 Å². The number of carbonyl (C=O) groups is 1. The third-order valence-corrected chi connectivity index (χ3v) is 3.72. The van der Waals surface area contributed by atoms with Crippen LogP contribution in [0, 0.1) is 0 Å².